The minimum atomic E-state index is -0.643. The van der Waals surface area contributed by atoms with E-state index >= 15 is 0 Å². The predicted molar refractivity (Wildman–Crippen MR) is 101 cm³/mol. The Morgan fingerprint density at radius 3 is 2.56 bits per heavy atom. The molecule has 3 nitrogen and oxygen atoms in total. The molecule has 3 heteroatoms. The van der Waals surface area contributed by atoms with E-state index in [-0.39, 0.29) is 0 Å². The summed E-state index contributed by atoms with van der Waals surface area (Å²) in [5.41, 5.74) is 5.44. The smallest absolute Gasteiger partial charge is 0.135 e. The third-order valence-electron chi connectivity index (χ3n) is 4.87. The number of fused-ring (bicyclic) bond motifs is 1. The Morgan fingerprint density at radius 1 is 1.00 bits per heavy atom. The van der Waals surface area contributed by atoms with E-state index in [1.807, 2.05) is 30.3 Å². The highest BCUT2D eigenvalue weighted by molar-refractivity contribution is 5.67. The molecule has 25 heavy (non-hydrogen) atoms. The summed E-state index contributed by atoms with van der Waals surface area (Å²) in [7, 11) is 0. The molecule has 1 aliphatic rings. The van der Waals surface area contributed by atoms with Crippen LogP contribution in [0.3, 0.4) is 0 Å². The van der Waals surface area contributed by atoms with Gasteiger partial charge in [-0.25, -0.2) is 4.98 Å². The number of aromatic nitrogens is 1. The summed E-state index contributed by atoms with van der Waals surface area (Å²) in [5, 5.41) is 10.6. The molecule has 1 aromatic heterocycles. The van der Waals surface area contributed by atoms with Gasteiger partial charge in [-0.2, -0.15) is 0 Å². The first-order valence-electron chi connectivity index (χ1n) is 8.79. The van der Waals surface area contributed by atoms with Gasteiger partial charge in [-0.1, -0.05) is 48.5 Å². The molecule has 0 spiro atoms. The zero-order valence-electron chi connectivity index (χ0n) is 14.4. The van der Waals surface area contributed by atoms with Gasteiger partial charge < -0.3 is 10.0 Å². The number of para-hydroxylation sites is 1. The van der Waals surface area contributed by atoms with E-state index in [0.29, 0.717) is 0 Å². The lowest BCUT2D eigenvalue weighted by molar-refractivity contribution is 0.220. The van der Waals surface area contributed by atoms with Crippen LogP contribution in [-0.2, 0) is 6.42 Å². The van der Waals surface area contributed by atoms with Gasteiger partial charge in [0, 0.05) is 24.0 Å². The maximum Gasteiger partial charge on any atom is 0.135 e. The summed E-state index contributed by atoms with van der Waals surface area (Å²) in [4.78, 5) is 7.01. The molecule has 4 rings (SSSR count). The van der Waals surface area contributed by atoms with Gasteiger partial charge in [0.2, 0.25) is 0 Å². The highest BCUT2D eigenvalue weighted by Crippen LogP contribution is 2.34. The quantitative estimate of drug-likeness (QED) is 0.765. The van der Waals surface area contributed by atoms with Gasteiger partial charge in [-0.3, -0.25) is 0 Å². The van der Waals surface area contributed by atoms with E-state index in [1.54, 1.807) is 6.20 Å². The zero-order chi connectivity index (χ0) is 17.2. The monoisotopic (exact) mass is 330 g/mol. The van der Waals surface area contributed by atoms with Crippen LogP contribution in [0.25, 0.3) is 0 Å². The number of hydrogen-bond acceptors (Lipinski definition) is 3. The topological polar surface area (TPSA) is 36.4 Å². The van der Waals surface area contributed by atoms with Gasteiger partial charge in [0.1, 0.15) is 11.9 Å². The second kappa shape index (κ2) is 6.69. The van der Waals surface area contributed by atoms with Crippen molar-refractivity contribution in [3.63, 3.8) is 0 Å². The van der Waals surface area contributed by atoms with Crippen LogP contribution in [0.15, 0.2) is 66.9 Å². The fourth-order valence-electron chi connectivity index (χ4n) is 3.60. The zero-order valence-corrected chi connectivity index (χ0v) is 14.4. The van der Waals surface area contributed by atoms with Crippen molar-refractivity contribution in [1.82, 2.24) is 4.98 Å². The normalized spacial score (nSPS) is 14.9. The molecule has 0 fully saturated rings. The Bertz CT molecular complexity index is 876. The minimum absolute atomic E-state index is 0.643. The maximum atomic E-state index is 10.6. The molecule has 0 amide bonds. The largest absolute Gasteiger partial charge is 0.384 e. The SMILES string of the molecule is Cc1cc([C@@H](O)c2ccccc2)cnc1N1CCCc2ccccc21. The number of pyridine rings is 1. The second-order valence-corrected chi connectivity index (χ2v) is 6.61. The molecule has 0 radical (unpaired) electrons. The lowest BCUT2D eigenvalue weighted by atomic mass is 10.00. The number of aliphatic hydroxyl groups excluding tert-OH is 1. The van der Waals surface area contributed by atoms with Gasteiger partial charge in [0.05, 0.1) is 0 Å². The number of hydrogen-bond donors (Lipinski definition) is 1. The second-order valence-electron chi connectivity index (χ2n) is 6.61. The molecular weight excluding hydrogens is 308 g/mol. The standard InChI is InChI=1S/C22H22N2O/c1-16-14-19(21(25)18-9-3-2-4-10-18)15-23-22(16)24-13-7-11-17-8-5-6-12-20(17)24/h2-6,8-10,12,14-15,21,25H,7,11,13H2,1H3/t21-/m0/s1. The average Bonchev–Trinajstić information content (AvgIpc) is 2.68. The number of anilines is 2. The Labute approximate surface area is 148 Å². The van der Waals surface area contributed by atoms with Crippen molar-refractivity contribution < 1.29 is 5.11 Å². The van der Waals surface area contributed by atoms with E-state index in [9.17, 15) is 5.11 Å². The highest BCUT2D eigenvalue weighted by atomic mass is 16.3. The van der Waals surface area contributed by atoms with E-state index in [2.05, 4.69) is 42.2 Å². The minimum Gasteiger partial charge on any atom is -0.384 e. The average molecular weight is 330 g/mol. The summed E-state index contributed by atoms with van der Waals surface area (Å²) in [6, 6.07) is 20.3. The fraction of sp³-hybridized carbons (Fsp3) is 0.227. The summed E-state index contributed by atoms with van der Waals surface area (Å²) in [6.07, 6.45) is 3.41. The highest BCUT2D eigenvalue weighted by Gasteiger charge is 2.21. The molecule has 0 saturated carbocycles. The van der Waals surface area contributed by atoms with Crippen molar-refractivity contribution in [3.8, 4) is 0 Å². The van der Waals surface area contributed by atoms with Crippen molar-refractivity contribution >= 4 is 11.5 Å². The molecule has 1 N–H and O–H groups in total. The molecule has 2 aromatic carbocycles. The Hall–Kier alpha value is -2.65. The molecule has 0 unspecified atom stereocenters. The predicted octanol–water partition coefficient (Wildman–Crippen LogP) is 4.56. The molecule has 0 bridgehead atoms. The molecule has 2 heterocycles. The first-order valence-corrected chi connectivity index (χ1v) is 8.79. The molecule has 0 saturated heterocycles. The van der Waals surface area contributed by atoms with Crippen LogP contribution in [0.5, 0.6) is 0 Å². The van der Waals surface area contributed by atoms with Crippen LogP contribution in [-0.4, -0.2) is 16.6 Å². The number of aryl methyl sites for hydroxylation is 2. The van der Waals surface area contributed by atoms with Crippen LogP contribution in [0.4, 0.5) is 11.5 Å². The number of benzene rings is 2. The Morgan fingerprint density at radius 2 is 1.76 bits per heavy atom. The number of rotatable bonds is 3. The summed E-state index contributed by atoms with van der Waals surface area (Å²) in [6.45, 7) is 3.05. The number of nitrogens with zero attached hydrogens (tertiary/aromatic N) is 2. The third-order valence-corrected chi connectivity index (χ3v) is 4.87. The first-order chi connectivity index (χ1) is 12.2. The van der Waals surface area contributed by atoms with E-state index in [1.165, 1.54) is 11.3 Å². The maximum absolute atomic E-state index is 10.6. The van der Waals surface area contributed by atoms with Gasteiger partial charge in [-0.05, 0) is 48.6 Å². The van der Waals surface area contributed by atoms with Crippen LogP contribution in [0.1, 0.15) is 34.8 Å². The number of aliphatic hydroxyl groups is 1. The fourth-order valence-corrected chi connectivity index (χ4v) is 3.60. The molecule has 1 atom stereocenters. The van der Waals surface area contributed by atoms with Crippen molar-refractivity contribution in [2.45, 2.75) is 25.9 Å². The van der Waals surface area contributed by atoms with Gasteiger partial charge in [0.15, 0.2) is 0 Å². The van der Waals surface area contributed by atoms with E-state index < -0.39 is 6.10 Å². The van der Waals surface area contributed by atoms with E-state index in [4.69, 9.17) is 4.98 Å². The molecule has 126 valence electrons. The van der Waals surface area contributed by atoms with Gasteiger partial charge in [0.25, 0.3) is 0 Å². The van der Waals surface area contributed by atoms with Crippen LogP contribution in [0.2, 0.25) is 0 Å². The van der Waals surface area contributed by atoms with Gasteiger partial charge in [-0.15, -0.1) is 0 Å². The Kier molecular flexibility index (Phi) is 4.24. The summed E-state index contributed by atoms with van der Waals surface area (Å²) >= 11 is 0. The van der Waals surface area contributed by atoms with Crippen molar-refractivity contribution in [1.29, 1.82) is 0 Å². The Balaban J connectivity index is 1.68. The lowest BCUT2D eigenvalue weighted by Crippen LogP contribution is -2.26. The van der Waals surface area contributed by atoms with Crippen LogP contribution in [0, 0.1) is 6.92 Å². The molecule has 0 aliphatic carbocycles. The van der Waals surface area contributed by atoms with Crippen LogP contribution >= 0.6 is 0 Å². The van der Waals surface area contributed by atoms with Crippen molar-refractivity contribution in [2.24, 2.45) is 0 Å². The van der Waals surface area contributed by atoms with Crippen LogP contribution < -0.4 is 4.90 Å². The van der Waals surface area contributed by atoms with Crippen molar-refractivity contribution in [3.05, 3.63) is 89.1 Å². The van der Waals surface area contributed by atoms with E-state index in [0.717, 1.165) is 41.9 Å². The molecule has 1 aliphatic heterocycles. The lowest BCUT2D eigenvalue weighted by Gasteiger charge is -2.31. The first kappa shape index (κ1) is 15.9. The summed E-state index contributed by atoms with van der Waals surface area (Å²) < 4.78 is 0. The third kappa shape index (κ3) is 3.03. The molecule has 3 aromatic rings. The summed E-state index contributed by atoms with van der Waals surface area (Å²) in [5.74, 6) is 0.983. The van der Waals surface area contributed by atoms with Crippen molar-refractivity contribution in [2.75, 3.05) is 11.4 Å². The molecular formula is C22H22N2O. The van der Waals surface area contributed by atoms with Gasteiger partial charge >= 0.3 is 0 Å².